The van der Waals surface area contributed by atoms with Crippen molar-refractivity contribution in [1.29, 1.82) is 0 Å². The van der Waals surface area contributed by atoms with Gasteiger partial charge in [-0.15, -0.1) is 0 Å². The highest BCUT2D eigenvalue weighted by atomic mass is 15.1. The number of hydrogen-bond acceptors (Lipinski definition) is 4. The van der Waals surface area contributed by atoms with Gasteiger partial charge in [-0.2, -0.15) is 0 Å². The van der Waals surface area contributed by atoms with E-state index in [-0.39, 0.29) is 0 Å². The molecule has 1 aromatic rings. The van der Waals surface area contributed by atoms with Gasteiger partial charge in [-0.25, -0.2) is 4.98 Å². The van der Waals surface area contributed by atoms with Crippen molar-refractivity contribution in [2.24, 2.45) is 0 Å². The van der Waals surface area contributed by atoms with E-state index in [9.17, 15) is 0 Å². The van der Waals surface area contributed by atoms with E-state index < -0.39 is 0 Å². The van der Waals surface area contributed by atoms with Gasteiger partial charge in [-0.3, -0.25) is 0 Å². The van der Waals surface area contributed by atoms with Crippen molar-refractivity contribution in [3.8, 4) is 0 Å². The minimum Gasteiger partial charge on any atom is -0.384 e. The Kier molecular flexibility index (Phi) is 6.50. The minimum absolute atomic E-state index is 0.461. The molecule has 1 aromatic heterocycles. The van der Waals surface area contributed by atoms with Crippen LogP contribution in [-0.4, -0.2) is 35.6 Å². The summed E-state index contributed by atoms with van der Waals surface area (Å²) in [5.41, 5.74) is 6.71. The number of rotatable bonds is 8. The quantitative estimate of drug-likeness (QED) is 0.744. The Balaban J connectivity index is 2.27. The summed E-state index contributed by atoms with van der Waals surface area (Å²) in [7, 11) is 0. The monoisotopic (exact) mass is 250 g/mol. The van der Waals surface area contributed by atoms with Crippen molar-refractivity contribution in [1.82, 2.24) is 9.88 Å². The van der Waals surface area contributed by atoms with Crippen molar-refractivity contribution in [3.05, 3.63) is 18.3 Å². The summed E-state index contributed by atoms with van der Waals surface area (Å²) in [5, 5.41) is 3.45. The molecule has 18 heavy (non-hydrogen) atoms. The van der Waals surface area contributed by atoms with Gasteiger partial charge in [-0.05, 0) is 45.5 Å². The molecule has 1 atom stereocenters. The van der Waals surface area contributed by atoms with Crippen LogP contribution in [0.25, 0.3) is 0 Å². The molecule has 0 radical (unpaired) electrons. The average Bonchev–Trinajstić information content (AvgIpc) is 2.34. The van der Waals surface area contributed by atoms with Crippen LogP contribution < -0.4 is 11.1 Å². The van der Waals surface area contributed by atoms with Gasteiger partial charge in [0.2, 0.25) is 0 Å². The van der Waals surface area contributed by atoms with Crippen molar-refractivity contribution in [2.75, 3.05) is 30.7 Å². The van der Waals surface area contributed by atoms with Gasteiger partial charge < -0.3 is 16.0 Å². The molecule has 1 heterocycles. The standard InChI is InChI=1S/C14H26N4/c1-4-18(5-2)10-6-7-12(3)17-13-8-9-16-14(15)11-13/h8-9,11-12H,4-7,10H2,1-3H3,(H3,15,16,17). The number of nitrogens with two attached hydrogens (primary N) is 1. The van der Waals surface area contributed by atoms with E-state index in [2.05, 4.69) is 36.0 Å². The van der Waals surface area contributed by atoms with Crippen LogP contribution in [0.4, 0.5) is 11.5 Å². The molecule has 0 aliphatic heterocycles. The van der Waals surface area contributed by atoms with Crippen LogP contribution in [0.3, 0.4) is 0 Å². The molecule has 0 aliphatic rings. The fraction of sp³-hybridized carbons (Fsp3) is 0.643. The first-order chi connectivity index (χ1) is 8.65. The van der Waals surface area contributed by atoms with E-state index in [0.29, 0.717) is 11.9 Å². The molecular weight excluding hydrogens is 224 g/mol. The normalized spacial score (nSPS) is 12.7. The Hall–Kier alpha value is -1.29. The molecule has 0 bridgehead atoms. The van der Waals surface area contributed by atoms with Gasteiger partial charge in [0, 0.05) is 24.0 Å². The molecule has 102 valence electrons. The first-order valence-corrected chi connectivity index (χ1v) is 6.86. The van der Waals surface area contributed by atoms with Crippen molar-refractivity contribution >= 4 is 11.5 Å². The number of nitrogens with zero attached hydrogens (tertiary/aromatic N) is 2. The molecule has 0 spiro atoms. The zero-order valence-electron chi connectivity index (χ0n) is 11.8. The Morgan fingerprint density at radius 1 is 1.39 bits per heavy atom. The highest BCUT2D eigenvalue weighted by molar-refractivity contribution is 5.50. The van der Waals surface area contributed by atoms with Gasteiger partial charge in [0.15, 0.2) is 0 Å². The second-order valence-corrected chi connectivity index (χ2v) is 4.68. The lowest BCUT2D eigenvalue weighted by Crippen LogP contribution is -2.25. The lowest BCUT2D eigenvalue weighted by molar-refractivity contribution is 0.295. The van der Waals surface area contributed by atoms with Gasteiger partial charge in [-0.1, -0.05) is 13.8 Å². The maximum absolute atomic E-state index is 5.65. The van der Waals surface area contributed by atoms with Gasteiger partial charge in [0.25, 0.3) is 0 Å². The molecule has 0 saturated heterocycles. The van der Waals surface area contributed by atoms with Crippen LogP contribution in [-0.2, 0) is 0 Å². The van der Waals surface area contributed by atoms with E-state index in [1.54, 1.807) is 6.20 Å². The van der Waals surface area contributed by atoms with Crippen LogP contribution >= 0.6 is 0 Å². The first-order valence-electron chi connectivity index (χ1n) is 6.86. The Labute approximate surface area is 111 Å². The third-order valence-electron chi connectivity index (χ3n) is 3.20. The van der Waals surface area contributed by atoms with Crippen LogP contribution in [0, 0.1) is 0 Å². The summed E-state index contributed by atoms with van der Waals surface area (Å²) in [5.74, 6) is 0.565. The number of nitrogens with one attached hydrogen (secondary N) is 1. The molecule has 4 nitrogen and oxygen atoms in total. The predicted molar refractivity (Wildman–Crippen MR) is 78.8 cm³/mol. The second kappa shape index (κ2) is 7.93. The molecule has 0 aliphatic carbocycles. The summed E-state index contributed by atoms with van der Waals surface area (Å²) in [6.07, 6.45) is 4.12. The summed E-state index contributed by atoms with van der Waals surface area (Å²) in [4.78, 5) is 6.44. The number of nitrogen functional groups attached to an aromatic ring is 1. The molecular formula is C14H26N4. The van der Waals surface area contributed by atoms with Gasteiger partial charge in [0.1, 0.15) is 5.82 Å². The lowest BCUT2D eigenvalue weighted by Gasteiger charge is -2.20. The summed E-state index contributed by atoms with van der Waals surface area (Å²) >= 11 is 0. The summed E-state index contributed by atoms with van der Waals surface area (Å²) < 4.78 is 0. The van der Waals surface area contributed by atoms with E-state index in [1.807, 2.05) is 12.1 Å². The fourth-order valence-corrected chi connectivity index (χ4v) is 2.06. The maximum Gasteiger partial charge on any atom is 0.125 e. The van der Waals surface area contributed by atoms with Crippen LogP contribution in [0.5, 0.6) is 0 Å². The topological polar surface area (TPSA) is 54.2 Å². The number of anilines is 2. The molecule has 4 heteroatoms. The van der Waals surface area contributed by atoms with Gasteiger partial charge in [0.05, 0.1) is 0 Å². The highest BCUT2D eigenvalue weighted by Gasteiger charge is 2.04. The van der Waals surface area contributed by atoms with E-state index in [0.717, 1.165) is 18.8 Å². The Morgan fingerprint density at radius 2 is 2.11 bits per heavy atom. The zero-order valence-corrected chi connectivity index (χ0v) is 11.8. The van der Waals surface area contributed by atoms with Crippen LogP contribution in [0.15, 0.2) is 18.3 Å². The molecule has 0 fully saturated rings. The maximum atomic E-state index is 5.65. The molecule has 0 saturated carbocycles. The predicted octanol–water partition coefficient (Wildman–Crippen LogP) is 2.59. The first kappa shape index (κ1) is 14.8. The number of aromatic nitrogens is 1. The second-order valence-electron chi connectivity index (χ2n) is 4.68. The smallest absolute Gasteiger partial charge is 0.125 e. The van der Waals surface area contributed by atoms with Crippen molar-refractivity contribution in [3.63, 3.8) is 0 Å². The minimum atomic E-state index is 0.461. The summed E-state index contributed by atoms with van der Waals surface area (Å²) in [6, 6.07) is 4.29. The largest absolute Gasteiger partial charge is 0.384 e. The van der Waals surface area contributed by atoms with E-state index in [4.69, 9.17) is 5.73 Å². The average molecular weight is 250 g/mol. The van der Waals surface area contributed by atoms with Gasteiger partial charge >= 0.3 is 0 Å². The lowest BCUT2D eigenvalue weighted by atomic mass is 10.1. The molecule has 1 unspecified atom stereocenters. The molecule has 3 N–H and O–H groups in total. The van der Waals surface area contributed by atoms with E-state index in [1.165, 1.54) is 19.4 Å². The molecule has 1 rings (SSSR count). The Bertz CT molecular complexity index is 336. The zero-order chi connectivity index (χ0) is 13.4. The SMILES string of the molecule is CCN(CC)CCCC(C)Nc1ccnc(N)c1. The third kappa shape index (κ3) is 5.36. The van der Waals surface area contributed by atoms with E-state index >= 15 is 0 Å². The Morgan fingerprint density at radius 3 is 2.72 bits per heavy atom. The van der Waals surface area contributed by atoms with Crippen molar-refractivity contribution < 1.29 is 0 Å². The van der Waals surface area contributed by atoms with Crippen molar-refractivity contribution in [2.45, 2.75) is 39.7 Å². The number of hydrogen-bond donors (Lipinski definition) is 2. The fourth-order valence-electron chi connectivity index (χ4n) is 2.06. The van der Waals surface area contributed by atoms with Crippen LogP contribution in [0.2, 0.25) is 0 Å². The molecule has 0 amide bonds. The highest BCUT2D eigenvalue weighted by Crippen LogP contribution is 2.12. The molecule has 0 aromatic carbocycles. The van der Waals surface area contributed by atoms with Crippen LogP contribution in [0.1, 0.15) is 33.6 Å². The third-order valence-corrected chi connectivity index (χ3v) is 3.20. The number of pyridine rings is 1. The summed E-state index contributed by atoms with van der Waals surface area (Å²) in [6.45, 7) is 10.1.